The summed E-state index contributed by atoms with van der Waals surface area (Å²) in [5.41, 5.74) is 0.837. The molecule has 0 aromatic heterocycles. The first-order valence-corrected chi connectivity index (χ1v) is 7.63. The topological polar surface area (TPSA) is 47.6 Å². The fourth-order valence-electron chi connectivity index (χ4n) is 2.32. The van der Waals surface area contributed by atoms with E-state index < -0.39 is 17.6 Å². The summed E-state index contributed by atoms with van der Waals surface area (Å²) in [5.74, 6) is 0.702. The van der Waals surface area contributed by atoms with Crippen LogP contribution >= 0.6 is 0 Å². The molecule has 0 aliphatic rings. The Hall–Kier alpha value is -2.96. The van der Waals surface area contributed by atoms with Crippen molar-refractivity contribution in [1.82, 2.24) is 0 Å². The van der Waals surface area contributed by atoms with E-state index in [4.69, 9.17) is 9.47 Å². The summed E-state index contributed by atoms with van der Waals surface area (Å²) in [7, 11) is 3.04. The number of halogens is 3. The van der Waals surface area contributed by atoms with E-state index in [0.717, 1.165) is 12.1 Å². The molecule has 7 heteroatoms. The third kappa shape index (κ3) is 4.78. The molecule has 26 heavy (non-hydrogen) atoms. The molecule has 2 aromatic rings. The first-order chi connectivity index (χ1) is 12.2. The summed E-state index contributed by atoms with van der Waals surface area (Å²) in [6, 6.07) is 9.44. The number of anilines is 1. The normalized spacial score (nSPS) is 11.8. The maximum absolute atomic E-state index is 12.5. The van der Waals surface area contributed by atoms with Crippen LogP contribution in [-0.2, 0) is 11.0 Å². The third-order valence-corrected chi connectivity index (χ3v) is 3.66. The van der Waals surface area contributed by atoms with E-state index in [0.29, 0.717) is 22.6 Å². The minimum atomic E-state index is -4.41. The SMILES string of the molecule is COc1ccc(/C(C)=C/C(=O)Nc2ccc(C(F)(F)F)cc2)c(OC)c1. The van der Waals surface area contributed by atoms with Gasteiger partial charge in [-0.05, 0) is 48.9 Å². The Morgan fingerprint density at radius 3 is 2.23 bits per heavy atom. The van der Waals surface area contributed by atoms with Crippen molar-refractivity contribution in [3.63, 3.8) is 0 Å². The number of carbonyl (C=O) groups is 1. The Morgan fingerprint density at radius 1 is 1.04 bits per heavy atom. The molecule has 0 atom stereocenters. The number of hydrogen-bond donors (Lipinski definition) is 1. The van der Waals surface area contributed by atoms with Crippen molar-refractivity contribution < 1.29 is 27.4 Å². The predicted octanol–water partition coefficient (Wildman–Crippen LogP) is 4.76. The van der Waals surface area contributed by atoms with E-state index >= 15 is 0 Å². The Morgan fingerprint density at radius 2 is 1.69 bits per heavy atom. The number of alkyl halides is 3. The summed E-state index contributed by atoms with van der Waals surface area (Å²) in [4.78, 5) is 12.1. The second-order valence-electron chi connectivity index (χ2n) is 5.46. The molecule has 2 aromatic carbocycles. The van der Waals surface area contributed by atoms with Gasteiger partial charge in [-0.2, -0.15) is 13.2 Å². The van der Waals surface area contributed by atoms with Crippen LogP contribution in [0.5, 0.6) is 11.5 Å². The molecule has 0 bridgehead atoms. The lowest BCUT2D eigenvalue weighted by atomic mass is 10.1. The molecule has 0 fully saturated rings. The maximum atomic E-state index is 12.5. The standard InChI is InChI=1S/C19H18F3NO3/c1-12(16-9-8-15(25-2)11-17(16)26-3)10-18(24)23-14-6-4-13(5-7-14)19(20,21)22/h4-11H,1-3H3,(H,23,24)/b12-10+. The average molecular weight is 365 g/mol. The second-order valence-corrected chi connectivity index (χ2v) is 5.46. The number of nitrogens with one attached hydrogen (secondary N) is 1. The van der Waals surface area contributed by atoms with Gasteiger partial charge in [0.15, 0.2) is 0 Å². The van der Waals surface area contributed by atoms with E-state index in [1.165, 1.54) is 32.4 Å². The minimum Gasteiger partial charge on any atom is -0.497 e. The summed E-state index contributed by atoms with van der Waals surface area (Å²) < 4.78 is 48.1. The van der Waals surface area contributed by atoms with Gasteiger partial charge >= 0.3 is 6.18 Å². The largest absolute Gasteiger partial charge is 0.497 e. The fraction of sp³-hybridized carbons (Fsp3) is 0.211. The molecule has 0 unspecified atom stereocenters. The van der Waals surface area contributed by atoms with Crippen molar-refractivity contribution in [1.29, 1.82) is 0 Å². The molecule has 2 rings (SSSR count). The molecular formula is C19H18F3NO3. The van der Waals surface area contributed by atoms with Crippen LogP contribution in [0, 0.1) is 0 Å². The second kappa shape index (κ2) is 7.95. The first kappa shape index (κ1) is 19.4. The van der Waals surface area contributed by atoms with Crippen LogP contribution in [0.4, 0.5) is 18.9 Å². The highest BCUT2D eigenvalue weighted by molar-refractivity contribution is 6.04. The highest BCUT2D eigenvalue weighted by Crippen LogP contribution is 2.31. The van der Waals surface area contributed by atoms with Crippen LogP contribution in [0.3, 0.4) is 0 Å². The van der Waals surface area contributed by atoms with E-state index in [9.17, 15) is 18.0 Å². The van der Waals surface area contributed by atoms with Gasteiger partial charge in [-0.15, -0.1) is 0 Å². The summed E-state index contributed by atoms with van der Waals surface area (Å²) in [5, 5.41) is 2.53. The van der Waals surface area contributed by atoms with E-state index in [2.05, 4.69) is 5.32 Å². The molecule has 138 valence electrons. The molecule has 1 N–H and O–H groups in total. The van der Waals surface area contributed by atoms with Gasteiger partial charge in [0.2, 0.25) is 5.91 Å². The number of benzene rings is 2. The van der Waals surface area contributed by atoms with Gasteiger partial charge in [0.25, 0.3) is 0 Å². The van der Waals surface area contributed by atoms with Gasteiger partial charge in [-0.1, -0.05) is 0 Å². The van der Waals surface area contributed by atoms with Crippen LogP contribution in [0.2, 0.25) is 0 Å². The number of rotatable bonds is 5. The lowest BCUT2D eigenvalue weighted by Gasteiger charge is -2.11. The number of hydrogen-bond acceptors (Lipinski definition) is 3. The van der Waals surface area contributed by atoms with Gasteiger partial charge in [-0.3, -0.25) is 4.79 Å². The minimum absolute atomic E-state index is 0.272. The van der Waals surface area contributed by atoms with Crippen LogP contribution in [-0.4, -0.2) is 20.1 Å². The fourth-order valence-corrected chi connectivity index (χ4v) is 2.32. The number of methoxy groups -OCH3 is 2. The molecular weight excluding hydrogens is 347 g/mol. The Balaban J connectivity index is 2.15. The molecule has 0 radical (unpaired) electrons. The van der Waals surface area contributed by atoms with Crippen molar-refractivity contribution >= 4 is 17.2 Å². The van der Waals surface area contributed by atoms with Crippen LogP contribution in [0.15, 0.2) is 48.5 Å². The van der Waals surface area contributed by atoms with E-state index in [1.807, 2.05) is 0 Å². The summed E-state index contributed by atoms with van der Waals surface area (Å²) in [6.45, 7) is 1.73. The quantitative estimate of drug-likeness (QED) is 0.777. The molecule has 0 saturated carbocycles. The zero-order valence-electron chi connectivity index (χ0n) is 14.5. The highest BCUT2D eigenvalue weighted by Gasteiger charge is 2.29. The van der Waals surface area contributed by atoms with Gasteiger partial charge in [0.1, 0.15) is 11.5 Å². The van der Waals surface area contributed by atoms with Gasteiger partial charge in [-0.25, -0.2) is 0 Å². The monoisotopic (exact) mass is 365 g/mol. The molecule has 0 saturated heterocycles. The molecule has 4 nitrogen and oxygen atoms in total. The molecule has 0 heterocycles. The molecule has 0 aliphatic heterocycles. The summed E-state index contributed by atoms with van der Waals surface area (Å²) in [6.07, 6.45) is -3.06. The lowest BCUT2D eigenvalue weighted by molar-refractivity contribution is -0.137. The summed E-state index contributed by atoms with van der Waals surface area (Å²) >= 11 is 0. The average Bonchev–Trinajstić information content (AvgIpc) is 2.60. The van der Waals surface area contributed by atoms with E-state index in [1.54, 1.807) is 25.1 Å². The third-order valence-electron chi connectivity index (χ3n) is 3.66. The molecule has 0 aliphatic carbocycles. The van der Waals surface area contributed by atoms with Crippen molar-refractivity contribution in [3.05, 3.63) is 59.7 Å². The van der Waals surface area contributed by atoms with Crippen LogP contribution in [0.25, 0.3) is 5.57 Å². The van der Waals surface area contributed by atoms with Gasteiger partial charge < -0.3 is 14.8 Å². The molecule has 1 amide bonds. The highest BCUT2D eigenvalue weighted by atomic mass is 19.4. The number of amides is 1. The van der Waals surface area contributed by atoms with Crippen molar-refractivity contribution in [2.75, 3.05) is 19.5 Å². The van der Waals surface area contributed by atoms with Crippen LogP contribution < -0.4 is 14.8 Å². The zero-order chi connectivity index (χ0) is 19.3. The Bertz CT molecular complexity index is 812. The smallest absolute Gasteiger partial charge is 0.416 e. The number of ether oxygens (including phenoxy) is 2. The Kier molecular flexibility index (Phi) is 5.92. The van der Waals surface area contributed by atoms with Crippen LogP contribution in [0.1, 0.15) is 18.1 Å². The lowest BCUT2D eigenvalue weighted by Crippen LogP contribution is -2.10. The number of carbonyl (C=O) groups excluding carboxylic acids is 1. The molecule has 0 spiro atoms. The zero-order valence-corrected chi connectivity index (χ0v) is 14.5. The van der Waals surface area contributed by atoms with Gasteiger partial charge in [0, 0.05) is 23.4 Å². The van der Waals surface area contributed by atoms with Gasteiger partial charge in [0.05, 0.1) is 19.8 Å². The number of allylic oxidation sites excluding steroid dienone is 1. The van der Waals surface area contributed by atoms with Crippen molar-refractivity contribution in [2.45, 2.75) is 13.1 Å². The maximum Gasteiger partial charge on any atom is 0.416 e. The Labute approximate surface area is 149 Å². The van der Waals surface area contributed by atoms with Crippen molar-refractivity contribution in [2.24, 2.45) is 0 Å². The predicted molar refractivity (Wildman–Crippen MR) is 93.3 cm³/mol. The van der Waals surface area contributed by atoms with E-state index in [-0.39, 0.29) is 5.69 Å². The first-order valence-electron chi connectivity index (χ1n) is 7.63. The van der Waals surface area contributed by atoms with Crippen molar-refractivity contribution in [3.8, 4) is 11.5 Å².